The van der Waals surface area contributed by atoms with E-state index in [0.29, 0.717) is 24.7 Å². The molecule has 9 heteroatoms. The Balaban J connectivity index is 2.46. The van der Waals surface area contributed by atoms with Gasteiger partial charge in [0.15, 0.2) is 0 Å². The van der Waals surface area contributed by atoms with Crippen molar-refractivity contribution in [3.63, 3.8) is 0 Å². The van der Waals surface area contributed by atoms with Gasteiger partial charge in [-0.2, -0.15) is 5.26 Å². The van der Waals surface area contributed by atoms with Gasteiger partial charge in [-0.15, -0.1) is 0 Å². The molecule has 1 atom stereocenters. The third kappa shape index (κ3) is 4.00. The summed E-state index contributed by atoms with van der Waals surface area (Å²) >= 11 is 0. The van der Waals surface area contributed by atoms with E-state index in [4.69, 9.17) is 10.5 Å². The highest BCUT2D eigenvalue weighted by atomic mass is 32.2. The minimum Gasteiger partial charge on any atom is -0.383 e. The van der Waals surface area contributed by atoms with Gasteiger partial charge in [0, 0.05) is 19.9 Å². The summed E-state index contributed by atoms with van der Waals surface area (Å²) in [6.07, 6.45) is 1.45. The molecule has 2 aromatic heterocycles. The van der Waals surface area contributed by atoms with Crippen molar-refractivity contribution in [2.75, 3.05) is 37.6 Å². The molecule has 120 valence electrons. The van der Waals surface area contributed by atoms with Gasteiger partial charge in [-0.1, -0.05) is 6.07 Å². The maximum atomic E-state index is 11.6. The van der Waals surface area contributed by atoms with E-state index in [1.165, 1.54) is 6.26 Å². The molecular weight excluding hydrogens is 316 g/mol. The van der Waals surface area contributed by atoms with Crippen molar-refractivity contribution in [3.8, 4) is 17.5 Å². The van der Waals surface area contributed by atoms with Crippen LogP contribution in [0.1, 0.15) is 5.56 Å². The van der Waals surface area contributed by atoms with E-state index >= 15 is 0 Å². The van der Waals surface area contributed by atoms with Gasteiger partial charge in [0.2, 0.25) is 5.16 Å². The molecule has 23 heavy (non-hydrogen) atoms. The first kappa shape index (κ1) is 16.8. The van der Waals surface area contributed by atoms with Gasteiger partial charge in [0.1, 0.15) is 29.0 Å². The van der Waals surface area contributed by atoms with E-state index in [9.17, 15) is 9.47 Å². The Morgan fingerprint density at radius 2 is 2.17 bits per heavy atom. The van der Waals surface area contributed by atoms with E-state index < -0.39 is 10.8 Å². The van der Waals surface area contributed by atoms with Crippen LogP contribution in [-0.4, -0.2) is 45.7 Å². The number of rotatable bonds is 6. The molecule has 0 spiro atoms. The average molecular weight is 332 g/mol. The minimum absolute atomic E-state index is 0.0118. The van der Waals surface area contributed by atoms with Gasteiger partial charge >= 0.3 is 0 Å². The minimum atomic E-state index is -1.42. The molecule has 0 aliphatic heterocycles. The van der Waals surface area contributed by atoms with Crippen LogP contribution in [-0.2, 0) is 15.5 Å². The zero-order valence-electron chi connectivity index (χ0n) is 12.7. The van der Waals surface area contributed by atoms with Crippen molar-refractivity contribution in [2.45, 2.75) is 5.16 Å². The molecule has 8 nitrogen and oxygen atoms in total. The van der Waals surface area contributed by atoms with Crippen LogP contribution >= 0.6 is 0 Å². The summed E-state index contributed by atoms with van der Waals surface area (Å²) in [5.41, 5.74) is 6.60. The number of anilines is 2. The quantitative estimate of drug-likeness (QED) is 0.587. The summed E-state index contributed by atoms with van der Waals surface area (Å²) in [6.45, 7) is 1.13. The molecule has 0 aliphatic rings. The summed E-state index contributed by atoms with van der Waals surface area (Å²) in [6, 6.07) is 7.24. The van der Waals surface area contributed by atoms with Gasteiger partial charge in [-0.3, -0.25) is 4.21 Å². The predicted octanol–water partition coefficient (Wildman–Crippen LogP) is 0.788. The Kier molecular flexibility index (Phi) is 5.56. The zero-order chi connectivity index (χ0) is 16.8. The Labute approximate surface area is 136 Å². The first-order chi connectivity index (χ1) is 11.1. The maximum Gasteiger partial charge on any atom is 0.220 e. The molecule has 3 N–H and O–H groups in total. The predicted molar refractivity (Wildman–Crippen MR) is 87.1 cm³/mol. The normalized spacial score (nSPS) is 11.7. The highest BCUT2D eigenvalue weighted by Gasteiger charge is 2.17. The van der Waals surface area contributed by atoms with E-state index in [0.717, 1.165) is 0 Å². The lowest BCUT2D eigenvalue weighted by molar-refractivity contribution is 0.210. The highest BCUT2D eigenvalue weighted by molar-refractivity contribution is 7.84. The van der Waals surface area contributed by atoms with Crippen LogP contribution in [0.3, 0.4) is 0 Å². The van der Waals surface area contributed by atoms with E-state index in [-0.39, 0.29) is 22.2 Å². The van der Waals surface area contributed by atoms with Gasteiger partial charge in [0.25, 0.3) is 0 Å². The Hall–Kier alpha value is -2.57. The van der Waals surface area contributed by atoms with Crippen molar-refractivity contribution < 1.29 is 8.95 Å². The van der Waals surface area contributed by atoms with Gasteiger partial charge in [-0.05, 0) is 12.1 Å². The van der Waals surface area contributed by atoms with Crippen molar-refractivity contribution in [1.82, 2.24) is 15.0 Å². The van der Waals surface area contributed by atoms with Gasteiger partial charge < -0.3 is 15.8 Å². The average Bonchev–Trinajstić information content (AvgIpc) is 2.54. The number of nitrogen functional groups attached to an aromatic ring is 1. The van der Waals surface area contributed by atoms with Gasteiger partial charge in [-0.25, -0.2) is 15.0 Å². The zero-order valence-corrected chi connectivity index (χ0v) is 13.6. The monoisotopic (exact) mass is 332 g/mol. The number of nitrogens with one attached hydrogen (secondary N) is 1. The number of ether oxygens (including phenoxy) is 1. The van der Waals surface area contributed by atoms with E-state index in [1.54, 1.807) is 25.3 Å². The molecule has 0 aliphatic carbocycles. The molecule has 0 fully saturated rings. The molecule has 1 unspecified atom stereocenters. The first-order valence-corrected chi connectivity index (χ1v) is 8.24. The van der Waals surface area contributed by atoms with Crippen molar-refractivity contribution >= 4 is 22.4 Å². The fourth-order valence-electron chi connectivity index (χ4n) is 1.83. The Morgan fingerprint density at radius 3 is 2.83 bits per heavy atom. The molecule has 2 rings (SSSR count). The Bertz CT molecular complexity index is 774. The van der Waals surface area contributed by atoms with Crippen LogP contribution in [0.4, 0.5) is 11.6 Å². The van der Waals surface area contributed by atoms with Crippen LogP contribution in [0, 0.1) is 11.3 Å². The highest BCUT2D eigenvalue weighted by Crippen LogP contribution is 2.24. The second-order valence-corrected chi connectivity index (χ2v) is 5.78. The lowest BCUT2D eigenvalue weighted by Crippen LogP contribution is -2.10. The molecule has 0 aromatic carbocycles. The van der Waals surface area contributed by atoms with Crippen LogP contribution in [0.5, 0.6) is 0 Å². The standard InChI is InChI=1S/C14H16N6O2S/c1-22-7-6-17-11-5-3-4-10(18-11)12-9(8-15)13(16)20-14(19-12)23(2)21/h3-5H,6-7H2,1-2H3,(H,17,18)(H2,16,19,20). The van der Waals surface area contributed by atoms with Gasteiger partial charge in [0.05, 0.1) is 23.1 Å². The number of nitrogens with two attached hydrogens (primary N) is 1. The topological polar surface area (TPSA) is 127 Å². The molecule has 2 aromatic rings. The van der Waals surface area contributed by atoms with Crippen LogP contribution in [0.2, 0.25) is 0 Å². The first-order valence-electron chi connectivity index (χ1n) is 6.68. The lowest BCUT2D eigenvalue weighted by Gasteiger charge is -2.09. The molecule has 0 saturated carbocycles. The van der Waals surface area contributed by atoms with E-state index in [1.807, 2.05) is 6.07 Å². The number of hydrogen-bond acceptors (Lipinski definition) is 8. The molecule has 2 heterocycles. The maximum absolute atomic E-state index is 11.6. The number of nitrogens with zero attached hydrogens (tertiary/aromatic N) is 4. The second-order valence-electron chi connectivity index (χ2n) is 4.51. The van der Waals surface area contributed by atoms with E-state index in [2.05, 4.69) is 20.3 Å². The summed E-state index contributed by atoms with van der Waals surface area (Å²) in [4.78, 5) is 12.5. The molecule has 0 radical (unpaired) electrons. The number of pyridine rings is 1. The van der Waals surface area contributed by atoms with Crippen LogP contribution in [0.25, 0.3) is 11.4 Å². The summed E-state index contributed by atoms with van der Waals surface area (Å²) in [5.74, 6) is 0.599. The number of nitriles is 1. The number of hydrogen-bond donors (Lipinski definition) is 2. The molecular formula is C14H16N6O2S. The summed E-state index contributed by atoms with van der Waals surface area (Å²) < 4.78 is 16.6. The van der Waals surface area contributed by atoms with Crippen molar-refractivity contribution in [2.24, 2.45) is 0 Å². The fraction of sp³-hybridized carbons (Fsp3) is 0.286. The smallest absolute Gasteiger partial charge is 0.220 e. The lowest BCUT2D eigenvalue weighted by atomic mass is 10.1. The molecule has 0 saturated heterocycles. The SMILES string of the molecule is COCCNc1cccc(-c2nc(S(C)=O)nc(N)c2C#N)n1. The summed E-state index contributed by atoms with van der Waals surface area (Å²) in [5, 5.41) is 12.4. The third-order valence-electron chi connectivity index (χ3n) is 2.89. The van der Waals surface area contributed by atoms with Crippen LogP contribution < -0.4 is 11.1 Å². The second kappa shape index (κ2) is 7.62. The largest absolute Gasteiger partial charge is 0.383 e. The summed E-state index contributed by atoms with van der Waals surface area (Å²) in [7, 11) is 0.195. The van der Waals surface area contributed by atoms with Crippen molar-refractivity contribution in [1.29, 1.82) is 5.26 Å². The third-order valence-corrected chi connectivity index (χ3v) is 3.59. The fourth-order valence-corrected chi connectivity index (χ4v) is 2.27. The number of aromatic nitrogens is 3. The van der Waals surface area contributed by atoms with Crippen molar-refractivity contribution in [3.05, 3.63) is 23.8 Å². The molecule has 0 amide bonds. The Morgan fingerprint density at radius 1 is 1.39 bits per heavy atom. The number of methoxy groups -OCH3 is 1. The van der Waals surface area contributed by atoms with Crippen LogP contribution in [0.15, 0.2) is 23.4 Å². The molecule has 0 bridgehead atoms.